The fourth-order valence-electron chi connectivity index (χ4n) is 4.90. The van der Waals surface area contributed by atoms with E-state index in [4.69, 9.17) is 0 Å². The van der Waals surface area contributed by atoms with Crippen LogP contribution in [0.4, 0.5) is 0 Å². The largest absolute Gasteiger partial charge is 0.0677 e. The summed E-state index contributed by atoms with van der Waals surface area (Å²) in [5.41, 5.74) is 7.80. The van der Waals surface area contributed by atoms with Gasteiger partial charge in [0.15, 0.2) is 0 Å². The second-order valence-corrected chi connectivity index (χ2v) is 12.2. The van der Waals surface area contributed by atoms with Crippen LogP contribution >= 0.6 is 0 Å². The Morgan fingerprint density at radius 1 is 1.05 bits per heavy atom. The van der Waals surface area contributed by atoms with Gasteiger partial charge in [-0.25, -0.2) is 0 Å². The summed E-state index contributed by atoms with van der Waals surface area (Å²) in [6.45, 7) is 7.41. The summed E-state index contributed by atoms with van der Waals surface area (Å²) in [5, 5.41) is 0. The summed E-state index contributed by atoms with van der Waals surface area (Å²) < 4.78 is 0. The van der Waals surface area contributed by atoms with Crippen LogP contribution in [-0.4, -0.2) is 8.07 Å². The molecule has 20 heavy (non-hydrogen) atoms. The van der Waals surface area contributed by atoms with Crippen LogP contribution in [-0.2, 0) is 6.42 Å². The van der Waals surface area contributed by atoms with Crippen LogP contribution < -0.4 is 0 Å². The Hall–Kier alpha value is -0.823. The van der Waals surface area contributed by atoms with Gasteiger partial charge in [-0.3, -0.25) is 0 Å². The smallest absolute Gasteiger partial charge is 0.0600 e. The third-order valence-corrected chi connectivity index (χ3v) is 12.6. The van der Waals surface area contributed by atoms with Gasteiger partial charge in [0.2, 0.25) is 0 Å². The maximum atomic E-state index is 2.47. The molecule has 2 aliphatic carbocycles. The van der Waals surface area contributed by atoms with Gasteiger partial charge in [0.25, 0.3) is 0 Å². The zero-order valence-corrected chi connectivity index (χ0v) is 14.3. The molecule has 0 nitrogen and oxygen atoms in total. The standard InChI is InChI=1S/C19H28Si/c1-4-20(5-2,6-3)19-13-9-12-17-16-11-8-7-10-15(16)14-18(17)19/h7-8,10-11,19H,4-6,9,12-14H2,1-3H3. The summed E-state index contributed by atoms with van der Waals surface area (Å²) in [6, 6.07) is 13.6. The van der Waals surface area contributed by atoms with Crippen LogP contribution in [0.25, 0.3) is 5.57 Å². The topological polar surface area (TPSA) is 0 Å². The normalized spacial score (nSPS) is 21.9. The molecule has 0 radical (unpaired) electrons. The molecule has 1 heteroatoms. The van der Waals surface area contributed by atoms with Crippen LogP contribution in [0.1, 0.15) is 51.2 Å². The average Bonchev–Trinajstić information content (AvgIpc) is 2.89. The molecule has 0 amide bonds. The number of benzene rings is 1. The van der Waals surface area contributed by atoms with E-state index < -0.39 is 8.07 Å². The molecule has 108 valence electrons. The van der Waals surface area contributed by atoms with Crippen LogP contribution in [0.2, 0.25) is 23.7 Å². The van der Waals surface area contributed by atoms with Crippen molar-refractivity contribution in [3.63, 3.8) is 0 Å². The van der Waals surface area contributed by atoms with Crippen molar-refractivity contribution in [3.8, 4) is 0 Å². The monoisotopic (exact) mass is 284 g/mol. The van der Waals surface area contributed by atoms with Crippen molar-refractivity contribution < 1.29 is 0 Å². The van der Waals surface area contributed by atoms with Gasteiger partial charge in [0, 0.05) is 0 Å². The summed E-state index contributed by atoms with van der Waals surface area (Å²) in [4.78, 5) is 0. The van der Waals surface area contributed by atoms with Crippen molar-refractivity contribution in [1.82, 2.24) is 0 Å². The van der Waals surface area contributed by atoms with Crippen LogP contribution in [0.3, 0.4) is 0 Å². The van der Waals surface area contributed by atoms with Gasteiger partial charge in [-0.05, 0) is 47.9 Å². The zero-order valence-electron chi connectivity index (χ0n) is 13.3. The fourth-order valence-corrected chi connectivity index (χ4v) is 9.72. The van der Waals surface area contributed by atoms with Gasteiger partial charge in [0.1, 0.15) is 0 Å². The minimum absolute atomic E-state index is 0.971. The Bertz CT molecular complexity index is 514. The lowest BCUT2D eigenvalue weighted by molar-refractivity contribution is 0.682. The molecule has 0 bridgehead atoms. The average molecular weight is 285 g/mol. The number of allylic oxidation sites excluding steroid dienone is 2. The van der Waals surface area contributed by atoms with Gasteiger partial charge < -0.3 is 0 Å². The predicted molar refractivity (Wildman–Crippen MR) is 91.9 cm³/mol. The van der Waals surface area contributed by atoms with Crippen molar-refractivity contribution in [2.24, 2.45) is 0 Å². The lowest BCUT2D eigenvalue weighted by Gasteiger charge is -2.41. The zero-order chi connectivity index (χ0) is 14.2. The highest BCUT2D eigenvalue weighted by molar-refractivity contribution is 6.81. The Kier molecular flexibility index (Phi) is 3.90. The number of hydrogen-bond donors (Lipinski definition) is 0. The first-order valence-corrected chi connectivity index (χ1v) is 11.3. The molecule has 0 saturated carbocycles. The molecule has 0 fully saturated rings. The van der Waals surface area contributed by atoms with Gasteiger partial charge in [0.05, 0.1) is 8.07 Å². The molecule has 0 saturated heterocycles. The van der Waals surface area contributed by atoms with E-state index in [1.54, 1.807) is 16.7 Å². The SMILES string of the molecule is CC[Si](CC)(CC)C1CCCC2=C1Cc1ccccc12. The van der Waals surface area contributed by atoms with E-state index in [1.807, 2.05) is 5.57 Å². The van der Waals surface area contributed by atoms with Gasteiger partial charge in [-0.15, -0.1) is 0 Å². The first-order chi connectivity index (χ1) is 9.75. The lowest BCUT2D eigenvalue weighted by Crippen LogP contribution is -2.39. The maximum Gasteiger partial charge on any atom is 0.0600 e. The summed E-state index contributed by atoms with van der Waals surface area (Å²) in [7, 11) is -1.10. The van der Waals surface area contributed by atoms with E-state index in [-0.39, 0.29) is 0 Å². The van der Waals surface area contributed by atoms with Crippen LogP contribution in [0.5, 0.6) is 0 Å². The molecule has 0 heterocycles. The highest BCUT2D eigenvalue weighted by Gasteiger charge is 2.42. The van der Waals surface area contributed by atoms with E-state index in [2.05, 4.69) is 45.0 Å². The van der Waals surface area contributed by atoms with Gasteiger partial charge in [-0.2, -0.15) is 0 Å². The van der Waals surface area contributed by atoms with Crippen molar-refractivity contribution >= 4 is 13.6 Å². The fraction of sp³-hybridized carbons (Fsp3) is 0.579. The molecule has 0 N–H and O–H groups in total. The second-order valence-electron chi connectivity index (χ2n) is 6.71. The van der Waals surface area contributed by atoms with Gasteiger partial charge in [-0.1, -0.05) is 68.7 Å². The molecular formula is C19H28Si. The summed E-state index contributed by atoms with van der Waals surface area (Å²) in [6.07, 6.45) is 5.51. The molecule has 0 aromatic heterocycles. The molecule has 1 atom stereocenters. The first-order valence-electron chi connectivity index (χ1n) is 8.56. The molecule has 2 aliphatic rings. The minimum Gasteiger partial charge on any atom is -0.0677 e. The third kappa shape index (κ3) is 2.02. The Balaban J connectivity index is 2.02. The molecule has 0 aliphatic heterocycles. The molecule has 1 unspecified atom stereocenters. The van der Waals surface area contributed by atoms with Crippen molar-refractivity contribution in [2.45, 2.75) is 70.1 Å². The molecule has 3 rings (SSSR count). The highest BCUT2D eigenvalue weighted by atomic mass is 28.3. The summed E-state index contributed by atoms with van der Waals surface area (Å²) in [5.74, 6) is 0. The van der Waals surface area contributed by atoms with Crippen molar-refractivity contribution in [1.29, 1.82) is 0 Å². The van der Waals surface area contributed by atoms with Crippen molar-refractivity contribution in [2.75, 3.05) is 0 Å². The minimum atomic E-state index is -1.10. The van der Waals surface area contributed by atoms with E-state index >= 15 is 0 Å². The van der Waals surface area contributed by atoms with Crippen molar-refractivity contribution in [3.05, 3.63) is 41.0 Å². The van der Waals surface area contributed by atoms with E-state index in [1.165, 1.54) is 43.8 Å². The van der Waals surface area contributed by atoms with Crippen LogP contribution in [0, 0.1) is 0 Å². The lowest BCUT2D eigenvalue weighted by atomic mass is 9.91. The quantitative estimate of drug-likeness (QED) is 0.590. The number of fused-ring (bicyclic) bond motifs is 2. The maximum absolute atomic E-state index is 2.47. The summed E-state index contributed by atoms with van der Waals surface area (Å²) >= 11 is 0. The molecule has 0 spiro atoms. The van der Waals surface area contributed by atoms with E-state index in [9.17, 15) is 0 Å². The van der Waals surface area contributed by atoms with Gasteiger partial charge >= 0.3 is 0 Å². The molecule has 1 aromatic rings. The highest BCUT2D eigenvalue weighted by Crippen LogP contribution is 2.52. The Morgan fingerprint density at radius 3 is 2.45 bits per heavy atom. The van der Waals surface area contributed by atoms with E-state index in [0.29, 0.717) is 0 Å². The number of rotatable bonds is 4. The second kappa shape index (κ2) is 5.52. The third-order valence-electron chi connectivity index (χ3n) is 6.30. The molecule has 1 aromatic carbocycles. The first kappa shape index (κ1) is 14.1. The Morgan fingerprint density at radius 2 is 1.75 bits per heavy atom. The Labute approximate surface area is 125 Å². The number of hydrogen-bond acceptors (Lipinski definition) is 0. The van der Waals surface area contributed by atoms with E-state index in [0.717, 1.165) is 5.54 Å². The van der Waals surface area contributed by atoms with Crippen LogP contribution in [0.15, 0.2) is 29.8 Å². The molecular weight excluding hydrogens is 256 g/mol. The predicted octanol–water partition coefficient (Wildman–Crippen LogP) is 6.06.